The minimum atomic E-state index is -3.19. The third kappa shape index (κ3) is 1.58. The SMILES string of the molecule is CC(O)c1cccc2c1S(=O)(=O)CC2C. The van der Waals surface area contributed by atoms with Crippen LogP contribution in [0.5, 0.6) is 0 Å². The van der Waals surface area contributed by atoms with Crippen LogP contribution in [0.3, 0.4) is 0 Å². The largest absolute Gasteiger partial charge is 0.389 e. The molecule has 2 unspecified atom stereocenters. The summed E-state index contributed by atoms with van der Waals surface area (Å²) in [4.78, 5) is 0.354. The fourth-order valence-electron chi connectivity index (χ4n) is 2.15. The van der Waals surface area contributed by atoms with E-state index < -0.39 is 15.9 Å². The van der Waals surface area contributed by atoms with Crippen molar-refractivity contribution in [3.05, 3.63) is 29.3 Å². The predicted octanol–water partition coefficient (Wildman–Crippen LogP) is 1.63. The van der Waals surface area contributed by atoms with Gasteiger partial charge in [-0.25, -0.2) is 8.42 Å². The summed E-state index contributed by atoms with van der Waals surface area (Å²) in [5.41, 5.74) is 1.37. The second kappa shape index (κ2) is 3.32. The van der Waals surface area contributed by atoms with Crippen molar-refractivity contribution in [2.75, 3.05) is 5.75 Å². The highest BCUT2D eigenvalue weighted by Crippen LogP contribution is 2.38. The molecule has 0 fully saturated rings. The van der Waals surface area contributed by atoms with E-state index in [4.69, 9.17) is 0 Å². The molecule has 0 bridgehead atoms. The maximum absolute atomic E-state index is 11.9. The van der Waals surface area contributed by atoms with Gasteiger partial charge in [0.25, 0.3) is 0 Å². The minimum Gasteiger partial charge on any atom is -0.389 e. The Balaban J connectivity index is 2.76. The Morgan fingerprint density at radius 3 is 2.73 bits per heavy atom. The van der Waals surface area contributed by atoms with Crippen LogP contribution in [-0.2, 0) is 9.84 Å². The maximum Gasteiger partial charge on any atom is 0.179 e. The summed E-state index contributed by atoms with van der Waals surface area (Å²) < 4.78 is 23.8. The van der Waals surface area contributed by atoms with E-state index in [1.807, 2.05) is 13.0 Å². The van der Waals surface area contributed by atoms with Crippen molar-refractivity contribution >= 4 is 9.84 Å². The number of aliphatic hydroxyl groups is 1. The molecular formula is C11H14O3S. The van der Waals surface area contributed by atoms with Crippen LogP contribution in [-0.4, -0.2) is 19.3 Å². The summed E-state index contributed by atoms with van der Waals surface area (Å²) in [6.07, 6.45) is -0.736. The summed E-state index contributed by atoms with van der Waals surface area (Å²) in [6, 6.07) is 5.31. The Morgan fingerprint density at radius 2 is 2.13 bits per heavy atom. The molecule has 0 saturated heterocycles. The molecule has 4 heteroatoms. The molecule has 1 aliphatic heterocycles. The van der Waals surface area contributed by atoms with Crippen molar-refractivity contribution in [3.8, 4) is 0 Å². The molecule has 0 spiro atoms. The normalized spacial score (nSPS) is 24.9. The summed E-state index contributed by atoms with van der Waals surface area (Å²) >= 11 is 0. The van der Waals surface area contributed by atoms with Crippen LogP contribution in [0, 0.1) is 0 Å². The Morgan fingerprint density at radius 1 is 1.47 bits per heavy atom. The van der Waals surface area contributed by atoms with E-state index in [1.54, 1.807) is 19.1 Å². The van der Waals surface area contributed by atoms with E-state index in [-0.39, 0.29) is 11.7 Å². The Kier molecular flexibility index (Phi) is 2.35. The lowest BCUT2D eigenvalue weighted by Gasteiger charge is -2.10. The van der Waals surface area contributed by atoms with Crippen LogP contribution in [0.25, 0.3) is 0 Å². The zero-order valence-electron chi connectivity index (χ0n) is 8.77. The number of hydrogen-bond acceptors (Lipinski definition) is 3. The number of sulfone groups is 1. The zero-order valence-corrected chi connectivity index (χ0v) is 9.58. The molecule has 0 radical (unpaired) electrons. The van der Waals surface area contributed by atoms with Gasteiger partial charge in [0, 0.05) is 0 Å². The van der Waals surface area contributed by atoms with E-state index in [0.717, 1.165) is 5.56 Å². The summed E-state index contributed by atoms with van der Waals surface area (Å²) in [5, 5.41) is 9.54. The monoisotopic (exact) mass is 226 g/mol. The van der Waals surface area contributed by atoms with E-state index in [9.17, 15) is 13.5 Å². The van der Waals surface area contributed by atoms with Crippen LogP contribution >= 0.6 is 0 Å². The van der Waals surface area contributed by atoms with Gasteiger partial charge in [0.05, 0.1) is 16.8 Å². The lowest BCUT2D eigenvalue weighted by molar-refractivity contribution is 0.196. The smallest absolute Gasteiger partial charge is 0.179 e. The first-order valence-corrected chi connectivity index (χ1v) is 6.62. The minimum absolute atomic E-state index is 0.0312. The molecule has 15 heavy (non-hydrogen) atoms. The third-order valence-corrected chi connectivity index (χ3v) is 4.87. The van der Waals surface area contributed by atoms with Crippen LogP contribution in [0.4, 0.5) is 0 Å². The van der Waals surface area contributed by atoms with E-state index in [1.165, 1.54) is 0 Å². The average Bonchev–Trinajstić information content (AvgIpc) is 2.37. The highest BCUT2D eigenvalue weighted by Gasteiger charge is 2.34. The highest BCUT2D eigenvalue weighted by molar-refractivity contribution is 7.91. The van der Waals surface area contributed by atoms with Gasteiger partial charge in [0.1, 0.15) is 0 Å². The number of hydrogen-bond donors (Lipinski definition) is 1. The first-order valence-electron chi connectivity index (χ1n) is 4.97. The summed E-state index contributed by atoms with van der Waals surface area (Å²) in [6.45, 7) is 3.49. The molecule has 0 saturated carbocycles. The second-order valence-corrected chi connectivity index (χ2v) is 6.10. The second-order valence-electron chi connectivity index (χ2n) is 4.12. The Labute approximate surface area is 89.7 Å². The lowest BCUT2D eigenvalue weighted by Crippen LogP contribution is -2.05. The van der Waals surface area contributed by atoms with Gasteiger partial charge >= 0.3 is 0 Å². The molecule has 1 heterocycles. The van der Waals surface area contributed by atoms with Gasteiger partial charge in [-0.05, 0) is 24.0 Å². The fourth-order valence-corrected chi connectivity index (χ4v) is 4.38. The van der Waals surface area contributed by atoms with Crippen LogP contribution < -0.4 is 0 Å². The van der Waals surface area contributed by atoms with Gasteiger partial charge in [-0.15, -0.1) is 0 Å². The molecular weight excluding hydrogens is 212 g/mol. The lowest BCUT2D eigenvalue weighted by atomic mass is 9.99. The van der Waals surface area contributed by atoms with Crippen molar-refractivity contribution in [1.29, 1.82) is 0 Å². The molecule has 2 atom stereocenters. The van der Waals surface area contributed by atoms with Crippen LogP contribution in [0.1, 0.15) is 37.0 Å². The van der Waals surface area contributed by atoms with Gasteiger partial charge < -0.3 is 5.11 Å². The molecule has 2 rings (SSSR count). The van der Waals surface area contributed by atoms with Gasteiger partial charge in [-0.1, -0.05) is 25.1 Å². The molecule has 1 N–H and O–H groups in total. The zero-order chi connectivity index (χ0) is 11.2. The van der Waals surface area contributed by atoms with E-state index >= 15 is 0 Å². The number of aliphatic hydroxyl groups excluding tert-OH is 1. The number of fused-ring (bicyclic) bond motifs is 1. The van der Waals surface area contributed by atoms with Gasteiger partial charge in [-0.2, -0.15) is 0 Å². The Hall–Kier alpha value is -0.870. The predicted molar refractivity (Wildman–Crippen MR) is 57.5 cm³/mol. The van der Waals surface area contributed by atoms with Crippen molar-refractivity contribution in [2.45, 2.75) is 30.8 Å². The van der Waals surface area contributed by atoms with Crippen molar-refractivity contribution in [3.63, 3.8) is 0 Å². The van der Waals surface area contributed by atoms with Gasteiger partial charge in [-0.3, -0.25) is 0 Å². The molecule has 3 nitrogen and oxygen atoms in total. The first-order chi connectivity index (χ1) is 6.93. The molecule has 1 aromatic carbocycles. The third-order valence-electron chi connectivity index (χ3n) is 2.84. The van der Waals surface area contributed by atoms with E-state index in [2.05, 4.69) is 0 Å². The maximum atomic E-state index is 11.9. The molecule has 82 valence electrons. The topological polar surface area (TPSA) is 54.4 Å². The molecule has 1 aliphatic rings. The average molecular weight is 226 g/mol. The van der Waals surface area contributed by atoms with Gasteiger partial charge in [0.2, 0.25) is 0 Å². The van der Waals surface area contributed by atoms with Crippen LogP contribution in [0.15, 0.2) is 23.1 Å². The van der Waals surface area contributed by atoms with Crippen molar-refractivity contribution in [2.24, 2.45) is 0 Å². The van der Waals surface area contributed by atoms with E-state index in [0.29, 0.717) is 10.5 Å². The number of benzene rings is 1. The molecule has 1 aromatic rings. The number of rotatable bonds is 1. The summed E-state index contributed by atoms with van der Waals surface area (Å²) in [5.74, 6) is 0.190. The molecule has 0 aliphatic carbocycles. The summed E-state index contributed by atoms with van der Waals surface area (Å²) in [7, 11) is -3.19. The highest BCUT2D eigenvalue weighted by atomic mass is 32.2. The Bertz CT molecular complexity index is 489. The van der Waals surface area contributed by atoms with Crippen molar-refractivity contribution in [1.82, 2.24) is 0 Å². The molecule has 0 amide bonds. The van der Waals surface area contributed by atoms with Crippen molar-refractivity contribution < 1.29 is 13.5 Å². The van der Waals surface area contributed by atoms with Crippen LogP contribution in [0.2, 0.25) is 0 Å². The quantitative estimate of drug-likeness (QED) is 0.792. The van der Waals surface area contributed by atoms with Gasteiger partial charge in [0.15, 0.2) is 9.84 Å². The standard InChI is InChI=1S/C11H14O3S/c1-7-6-15(13,14)11-9(7)4-3-5-10(11)8(2)12/h3-5,7-8,12H,6H2,1-2H3. The fraction of sp³-hybridized carbons (Fsp3) is 0.455. The first kappa shape index (κ1) is 10.6. The molecule has 0 aromatic heterocycles.